The van der Waals surface area contributed by atoms with E-state index in [0.29, 0.717) is 5.56 Å². The van der Waals surface area contributed by atoms with Crippen LogP contribution in [-0.2, 0) is 24.2 Å². The lowest BCUT2D eigenvalue weighted by molar-refractivity contribution is 0.0597. The first-order valence-electron chi connectivity index (χ1n) is 7.33. The lowest BCUT2D eigenvalue weighted by atomic mass is 9.94. The number of esters is 1. The molecule has 3 rings (SSSR count). The summed E-state index contributed by atoms with van der Waals surface area (Å²) in [5, 5.41) is 0.751. The highest BCUT2D eigenvalue weighted by atomic mass is 35.5. The van der Waals surface area contributed by atoms with E-state index in [-0.39, 0.29) is 5.97 Å². The average molecular weight is 316 g/mol. The summed E-state index contributed by atoms with van der Waals surface area (Å²) in [6.45, 7) is 2.61. The van der Waals surface area contributed by atoms with Crippen molar-refractivity contribution in [3.8, 4) is 0 Å². The molecule has 0 unspecified atom stereocenters. The molecule has 0 aliphatic carbocycles. The van der Waals surface area contributed by atoms with Gasteiger partial charge >= 0.3 is 5.97 Å². The van der Waals surface area contributed by atoms with E-state index >= 15 is 0 Å². The molecule has 114 valence electrons. The zero-order valence-electron chi connectivity index (χ0n) is 12.5. The van der Waals surface area contributed by atoms with Crippen molar-refractivity contribution in [1.82, 2.24) is 4.90 Å². The molecule has 0 bridgehead atoms. The fourth-order valence-corrected chi connectivity index (χ4v) is 3.05. The van der Waals surface area contributed by atoms with Crippen LogP contribution in [0.3, 0.4) is 0 Å². The molecule has 0 spiro atoms. The normalized spacial score (nSPS) is 14.5. The van der Waals surface area contributed by atoms with Crippen molar-refractivity contribution in [1.29, 1.82) is 0 Å². The molecule has 4 heteroatoms. The van der Waals surface area contributed by atoms with Crippen LogP contribution in [0.4, 0.5) is 0 Å². The monoisotopic (exact) mass is 315 g/mol. The number of carbonyl (C=O) groups excluding carboxylic acids is 1. The molecule has 0 atom stereocenters. The van der Waals surface area contributed by atoms with Crippen LogP contribution >= 0.6 is 11.6 Å². The van der Waals surface area contributed by atoms with Crippen LogP contribution in [0, 0.1) is 0 Å². The summed E-state index contributed by atoms with van der Waals surface area (Å²) in [6, 6.07) is 13.8. The lowest BCUT2D eigenvalue weighted by Crippen LogP contribution is -2.31. The summed E-state index contributed by atoms with van der Waals surface area (Å²) >= 11 is 5.93. The van der Waals surface area contributed by atoms with Crippen molar-refractivity contribution in [3.63, 3.8) is 0 Å². The lowest BCUT2D eigenvalue weighted by Gasteiger charge is -2.30. The standard InChI is InChI=1S/C18H18ClNO2/c1-22-18(21)16-4-2-3-14-9-10-20(12-17(14)16)11-13-5-7-15(19)8-6-13/h2-8H,9-12H2,1H3. The maximum atomic E-state index is 11.9. The van der Waals surface area contributed by atoms with Gasteiger partial charge in [0.1, 0.15) is 0 Å². The Morgan fingerprint density at radius 3 is 2.73 bits per heavy atom. The van der Waals surface area contributed by atoms with Gasteiger partial charge in [0, 0.05) is 24.7 Å². The molecule has 0 saturated heterocycles. The number of nitrogens with zero attached hydrogens (tertiary/aromatic N) is 1. The fourth-order valence-electron chi connectivity index (χ4n) is 2.92. The van der Waals surface area contributed by atoms with Crippen molar-refractivity contribution in [2.75, 3.05) is 13.7 Å². The van der Waals surface area contributed by atoms with Crippen LogP contribution in [0.25, 0.3) is 0 Å². The molecule has 2 aromatic rings. The summed E-state index contributed by atoms with van der Waals surface area (Å²) in [4.78, 5) is 14.3. The van der Waals surface area contributed by atoms with Gasteiger partial charge in [0.2, 0.25) is 0 Å². The van der Waals surface area contributed by atoms with E-state index in [1.165, 1.54) is 18.2 Å². The van der Waals surface area contributed by atoms with Gasteiger partial charge in [0.15, 0.2) is 0 Å². The molecular formula is C18H18ClNO2. The molecule has 0 amide bonds. The molecule has 22 heavy (non-hydrogen) atoms. The zero-order chi connectivity index (χ0) is 15.5. The van der Waals surface area contributed by atoms with Crippen LogP contribution in [0.1, 0.15) is 27.0 Å². The number of rotatable bonds is 3. The van der Waals surface area contributed by atoms with Gasteiger partial charge < -0.3 is 4.74 Å². The summed E-state index contributed by atoms with van der Waals surface area (Å²) in [7, 11) is 1.43. The maximum absolute atomic E-state index is 11.9. The average Bonchev–Trinajstić information content (AvgIpc) is 2.55. The maximum Gasteiger partial charge on any atom is 0.338 e. The summed E-state index contributed by atoms with van der Waals surface area (Å²) < 4.78 is 4.90. The summed E-state index contributed by atoms with van der Waals surface area (Å²) in [5.41, 5.74) is 4.24. The second-order valence-corrected chi connectivity index (χ2v) is 5.96. The third kappa shape index (κ3) is 3.16. The molecular weight excluding hydrogens is 298 g/mol. The number of halogens is 1. The van der Waals surface area contributed by atoms with Crippen molar-refractivity contribution in [3.05, 3.63) is 69.7 Å². The highest BCUT2D eigenvalue weighted by Crippen LogP contribution is 2.24. The van der Waals surface area contributed by atoms with E-state index < -0.39 is 0 Å². The van der Waals surface area contributed by atoms with Crippen molar-refractivity contribution in [2.45, 2.75) is 19.5 Å². The van der Waals surface area contributed by atoms with Crippen LogP contribution in [-0.4, -0.2) is 24.5 Å². The Hall–Kier alpha value is -1.84. The smallest absolute Gasteiger partial charge is 0.338 e. The first kappa shape index (κ1) is 15.1. The Morgan fingerprint density at radius 2 is 2.00 bits per heavy atom. The van der Waals surface area contributed by atoms with Gasteiger partial charge in [-0.2, -0.15) is 0 Å². The molecule has 0 N–H and O–H groups in total. The Bertz CT molecular complexity index is 682. The molecule has 0 radical (unpaired) electrons. The van der Waals surface area contributed by atoms with E-state index in [4.69, 9.17) is 16.3 Å². The SMILES string of the molecule is COC(=O)c1cccc2c1CN(Cc1ccc(Cl)cc1)CC2. The van der Waals surface area contributed by atoms with Gasteiger partial charge in [-0.25, -0.2) is 4.79 Å². The van der Waals surface area contributed by atoms with E-state index in [0.717, 1.165) is 36.6 Å². The predicted molar refractivity (Wildman–Crippen MR) is 87.1 cm³/mol. The molecule has 1 heterocycles. The van der Waals surface area contributed by atoms with Crippen LogP contribution < -0.4 is 0 Å². The fraction of sp³-hybridized carbons (Fsp3) is 0.278. The summed E-state index contributed by atoms with van der Waals surface area (Å²) in [6.07, 6.45) is 0.952. The molecule has 1 aliphatic rings. The molecule has 0 fully saturated rings. The van der Waals surface area contributed by atoms with Crippen molar-refractivity contribution >= 4 is 17.6 Å². The minimum atomic E-state index is -0.259. The third-order valence-electron chi connectivity index (χ3n) is 4.08. The topological polar surface area (TPSA) is 29.5 Å². The number of benzene rings is 2. The highest BCUT2D eigenvalue weighted by Gasteiger charge is 2.22. The van der Waals surface area contributed by atoms with Gasteiger partial charge in [-0.15, -0.1) is 0 Å². The van der Waals surface area contributed by atoms with Crippen LogP contribution in [0.15, 0.2) is 42.5 Å². The van der Waals surface area contributed by atoms with Gasteiger partial charge in [-0.3, -0.25) is 4.90 Å². The van der Waals surface area contributed by atoms with Gasteiger partial charge in [-0.1, -0.05) is 35.9 Å². The van der Waals surface area contributed by atoms with Crippen molar-refractivity contribution in [2.24, 2.45) is 0 Å². The van der Waals surface area contributed by atoms with Gasteiger partial charge in [-0.05, 0) is 41.3 Å². The first-order valence-corrected chi connectivity index (χ1v) is 7.71. The zero-order valence-corrected chi connectivity index (χ0v) is 13.3. The van der Waals surface area contributed by atoms with Crippen LogP contribution in [0.5, 0.6) is 0 Å². The number of methoxy groups -OCH3 is 1. The number of ether oxygens (including phenoxy) is 1. The Morgan fingerprint density at radius 1 is 1.23 bits per heavy atom. The minimum absolute atomic E-state index is 0.259. The second kappa shape index (κ2) is 6.51. The van der Waals surface area contributed by atoms with E-state index in [1.54, 1.807) is 0 Å². The minimum Gasteiger partial charge on any atom is -0.465 e. The summed E-state index contributed by atoms with van der Waals surface area (Å²) in [5.74, 6) is -0.259. The number of hydrogen-bond donors (Lipinski definition) is 0. The largest absolute Gasteiger partial charge is 0.465 e. The molecule has 2 aromatic carbocycles. The Labute approximate surface area is 135 Å². The Kier molecular flexibility index (Phi) is 4.46. The first-order chi connectivity index (χ1) is 10.7. The van der Waals surface area contributed by atoms with Crippen LogP contribution in [0.2, 0.25) is 5.02 Å². The molecule has 3 nitrogen and oxygen atoms in total. The van der Waals surface area contributed by atoms with E-state index in [9.17, 15) is 4.79 Å². The molecule has 1 aliphatic heterocycles. The van der Waals surface area contributed by atoms with Gasteiger partial charge in [0.25, 0.3) is 0 Å². The molecule has 0 saturated carbocycles. The number of fused-ring (bicyclic) bond motifs is 1. The van der Waals surface area contributed by atoms with E-state index in [1.807, 2.05) is 36.4 Å². The second-order valence-electron chi connectivity index (χ2n) is 5.52. The number of hydrogen-bond acceptors (Lipinski definition) is 3. The highest BCUT2D eigenvalue weighted by molar-refractivity contribution is 6.30. The van der Waals surface area contributed by atoms with Gasteiger partial charge in [0.05, 0.1) is 12.7 Å². The number of carbonyl (C=O) groups is 1. The predicted octanol–water partition coefficient (Wildman–Crippen LogP) is 3.68. The van der Waals surface area contributed by atoms with Crippen molar-refractivity contribution < 1.29 is 9.53 Å². The van der Waals surface area contributed by atoms with E-state index in [2.05, 4.69) is 11.0 Å². The quantitative estimate of drug-likeness (QED) is 0.809. The molecule has 0 aromatic heterocycles. The third-order valence-corrected chi connectivity index (χ3v) is 4.33. The Balaban J connectivity index is 1.80.